The van der Waals surface area contributed by atoms with Gasteiger partial charge in [-0.2, -0.15) is 10.4 Å². The van der Waals surface area contributed by atoms with E-state index in [1.54, 1.807) is 48.9 Å². The summed E-state index contributed by atoms with van der Waals surface area (Å²) in [5.41, 5.74) is 2.96. The highest BCUT2D eigenvalue weighted by Gasteiger charge is 2.21. The average Bonchev–Trinajstić information content (AvgIpc) is 2.95. The first-order valence-corrected chi connectivity index (χ1v) is 8.96. The van der Waals surface area contributed by atoms with E-state index in [0.717, 1.165) is 5.56 Å². The SMILES string of the molecule is Cc1nn(Cc2ccc(C(=O)Nc3ccc(C#N)c(Cl)c3)cc2)c(C)c1[N+](=O)[O-]. The van der Waals surface area contributed by atoms with Crippen molar-refractivity contribution in [2.24, 2.45) is 0 Å². The maximum Gasteiger partial charge on any atom is 0.312 e. The predicted octanol–water partition coefficient (Wildman–Crippen LogP) is 4.23. The third-order valence-corrected chi connectivity index (χ3v) is 4.73. The second-order valence-corrected chi connectivity index (χ2v) is 6.80. The van der Waals surface area contributed by atoms with Crippen LogP contribution in [0.15, 0.2) is 42.5 Å². The van der Waals surface area contributed by atoms with Crippen LogP contribution in [0.1, 0.15) is 32.9 Å². The van der Waals surface area contributed by atoms with Gasteiger partial charge >= 0.3 is 5.69 Å². The molecule has 1 N–H and O–H groups in total. The average molecular weight is 410 g/mol. The lowest BCUT2D eigenvalue weighted by atomic mass is 10.1. The second kappa shape index (κ2) is 8.12. The summed E-state index contributed by atoms with van der Waals surface area (Å²) in [7, 11) is 0. The van der Waals surface area contributed by atoms with Gasteiger partial charge in [0.05, 0.1) is 22.1 Å². The third kappa shape index (κ3) is 4.25. The van der Waals surface area contributed by atoms with Gasteiger partial charge < -0.3 is 5.32 Å². The Hall–Kier alpha value is -3.70. The topological polar surface area (TPSA) is 114 Å². The van der Waals surface area contributed by atoms with E-state index in [1.807, 2.05) is 6.07 Å². The lowest BCUT2D eigenvalue weighted by Crippen LogP contribution is -2.12. The number of rotatable bonds is 5. The van der Waals surface area contributed by atoms with E-state index in [9.17, 15) is 14.9 Å². The quantitative estimate of drug-likeness (QED) is 0.500. The fourth-order valence-corrected chi connectivity index (χ4v) is 3.15. The molecule has 8 nitrogen and oxygen atoms in total. The number of amides is 1. The lowest BCUT2D eigenvalue weighted by Gasteiger charge is -2.08. The number of benzene rings is 2. The van der Waals surface area contributed by atoms with Gasteiger partial charge in [0.1, 0.15) is 17.5 Å². The molecule has 0 unspecified atom stereocenters. The number of nitrogens with zero attached hydrogens (tertiary/aromatic N) is 4. The van der Waals surface area contributed by atoms with E-state index in [4.69, 9.17) is 16.9 Å². The number of aryl methyl sites for hydroxylation is 1. The van der Waals surface area contributed by atoms with Crippen LogP contribution in [0, 0.1) is 35.3 Å². The lowest BCUT2D eigenvalue weighted by molar-refractivity contribution is -0.386. The molecule has 3 rings (SSSR count). The summed E-state index contributed by atoms with van der Waals surface area (Å²) in [4.78, 5) is 23.1. The Morgan fingerprint density at radius 3 is 2.52 bits per heavy atom. The fourth-order valence-electron chi connectivity index (χ4n) is 2.93. The van der Waals surface area contributed by atoms with Gasteiger partial charge in [-0.1, -0.05) is 23.7 Å². The van der Waals surface area contributed by atoms with Crippen molar-refractivity contribution in [3.63, 3.8) is 0 Å². The Morgan fingerprint density at radius 1 is 1.28 bits per heavy atom. The van der Waals surface area contributed by atoms with Gasteiger partial charge in [-0.15, -0.1) is 0 Å². The fraction of sp³-hybridized carbons (Fsp3) is 0.150. The number of carbonyl (C=O) groups excluding carboxylic acids is 1. The molecule has 146 valence electrons. The number of hydrogen-bond acceptors (Lipinski definition) is 5. The first kappa shape index (κ1) is 20.0. The van der Waals surface area contributed by atoms with Crippen molar-refractivity contribution in [2.45, 2.75) is 20.4 Å². The number of nitro groups is 1. The number of nitriles is 1. The van der Waals surface area contributed by atoms with Crippen molar-refractivity contribution in [3.05, 3.63) is 85.7 Å². The Bertz CT molecular complexity index is 1150. The molecule has 0 atom stereocenters. The zero-order valence-corrected chi connectivity index (χ0v) is 16.4. The molecule has 0 saturated carbocycles. The molecule has 1 amide bonds. The molecule has 0 spiro atoms. The van der Waals surface area contributed by atoms with E-state index >= 15 is 0 Å². The van der Waals surface area contributed by atoms with Crippen molar-refractivity contribution in [2.75, 3.05) is 5.32 Å². The van der Waals surface area contributed by atoms with Crippen LogP contribution in [-0.4, -0.2) is 20.6 Å². The molecule has 0 fully saturated rings. The Kier molecular flexibility index (Phi) is 5.61. The molecule has 0 saturated heterocycles. The number of anilines is 1. The number of carbonyl (C=O) groups is 1. The molecule has 0 radical (unpaired) electrons. The zero-order valence-electron chi connectivity index (χ0n) is 15.6. The molecule has 29 heavy (non-hydrogen) atoms. The molecule has 0 aliphatic heterocycles. The van der Waals surface area contributed by atoms with Gasteiger partial charge in [-0.05, 0) is 49.7 Å². The molecule has 3 aromatic rings. The first-order chi connectivity index (χ1) is 13.8. The van der Waals surface area contributed by atoms with Crippen molar-refractivity contribution in [1.82, 2.24) is 9.78 Å². The molecule has 0 aliphatic carbocycles. The van der Waals surface area contributed by atoms with Crippen molar-refractivity contribution >= 4 is 28.9 Å². The summed E-state index contributed by atoms with van der Waals surface area (Å²) < 4.78 is 1.57. The maximum absolute atomic E-state index is 12.4. The minimum atomic E-state index is -0.434. The summed E-state index contributed by atoms with van der Waals surface area (Å²) >= 11 is 5.98. The second-order valence-electron chi connectivity index (χ2n) is 6.39. The van der Waals surface area contributed by atoms with Crippen LogP contribution in [-0.2, 0) is 6.54 Å². The van der Waals surface area contributed by atoms with E-state index < -0.39 is 4.92 Å². The largest absolute Gasteiger partial charge is 0.322 e. The molecule has 1 aromatic heterocycles. The molecular weight excluding hydrogens is 394 g/mol. The highest BCUT2D eigenvalue weighted by Crippen LogP contribution is 2.23. The summed E-state index contributed by atoms with van der Waals surface area (Å²) in [6.45, 7) is 3.61. The minimum absolute atomic E-state index is 0.0158. The van der Waals surface area contributed by atoms with Gasteiger partial charge in [0.15, 0.2) is 0 Å². The van der Waals surface area contributed by atoms with E-state index in [1.165, 1.54) is 12.1 Å². The molecule has 2 aromatic carbocycles. The standard InChI is InChI=1S/C20H16ClN5O3/c1-12-19(26(28)29)13(2)25(24-12)11-14-3-5-15(6-4-14)20(27)23-17-8-7-16(10-22)18(21)9-17/h3-9H,11H2,1-2H3,(H,23,27). The highest BCUT2D eigenvalue weighted by atomic mass is 35.5. The third-order valence-electron chi connectivity index (χ3n) is 4.42. The summed E-state index contributed by atoms with van der Waals surface area (Å²) in [6, 6.07) is 13.5. The maximum atomic E-state index is 12.4. The van der Waals surface area contributed by atoms with Crippen molar-refractivity contribution < 1.29 is 9.72 Å². The Balaban J connectivity index is 1.73. The van der Waals surface area contributed by atoms with Crippen LogP contribution in [0.2, 0.25) is 5.02 Å². The van der Waals surface area contributed by atoms with Crippen molar-refractivity contribution in [1.29, 1.82) is 5.26 Å². The number of aromatic nitrogens is 2. The smallest absolute Gasteiger partial charge is 0.312 e. The summed E-state index contributed by atoms with van der Waals surface area (Å²) in [6.07, 6.45) is 0. The van der Waals surface area contributed by atoms with Crippen molar-refractivity contribution in [3.8, 4) is 6.07 Å². The van der Waals surface area contributed by atoms with Crippen LogP contribution in [0.4, 0.5) is 11.4 Å². The summed E-state index contributed by atoms with van der Waals surface area (Å²) in [5, 5.41) is 27.2. The molecule has 0 aliphatic rings. The van der Waals surface area contributed by atoms with Crippen LogP contribution in [0.5, 0.6) is 0 Å². The van der Waals surface area contributed by atoms with Gasteiger partial charge in [-0.3, -0.25) is 19.6 Å². The molecule has 9 heteroatoms. The predicted molar refractivity (Wildman–Crippen MR) is 108 cm³/mol. The van der Waals surface area contributed by atoms with Gasteiger partial charge in [0.25, 0.3) is 5.91 Å². The van der Waals surface area contributed by atoms with E-state index in [0.29, 0.717) is 34.7 Å². The zero-order chi connectivity index (χ0) is 21.1. The number of hydrogen-bond donors (Lipinski definition) is 1. The first-order valence-electron chi connectivity index (χ1n) is 8.58. The monoisotopic (exact) mass is 409 g/mol. The van der Waals surface area contributed by atoms with Gasteiger partial charge in [-0.25, -0.2) is 0 Å². The van der Waals surface area contributed by atoms with E-state index in [-0.39, 0.29) is 16.6 Å². The van der Waals surface area contributed by atoms with Gasteiger partial charge in [0, 0.05) is 11.3 Å². The van der Waals surface area contributed by atoms with Crippen LogP contribution >= 0.6 is 11.6 Å². The van der Waals surface area contributed by atoms with Gasteiger partial charge in [0.2, 0.25) is 0 Å². The molecular formula is C20H16ClN5O3. The van der Waals surface area contributed by atoms with Crippen LogP contribution in [0.3, 0.4) is 0 Å². The van der Waals surface area contributed by atoms with E-state index in [2.05, 4.69) is 10.4 Å². The summed E-state index contributed by atoms with van der Waals surface area (Å²) in [5.74, 6) is -0.320. The molecule has 0 bridgehead atoms. The Labute approximate surface area is 171 Å². The Morgan fingerprint density at radius 2 is 1.97 bits per heavy atom. The minimum Gasteiger partial charge on any atom is -0.322 e. The van der Waals surface area contributed by atoms with Crippen LogP contribution in [0.25, 0.3) is 0 Å². The highest BCUT2D eigenvalue weighted by molar-refractivity contribution is 6.32. The number of nitrogens with one attached hydrogen (secondary N) is 1. The number of halogens is 1. The van der Waals surface area contributed by atoms with Crippen LogP contribution < -0.4 is 5.32 Å². The normalized spacial score (nSPS) is 10.4. The molecule has 1 heterocycles.